The van der Waals surface area contributed by atoms with Crippen molar-refractivity contribution in [3.63, 3.8) is 0 Å². The van der Waals surface area contributed by atoms with Crippen LogP contribution in [0.2, 0.25) is 5.02 Å². The third kappa shape index (κ3) is 4.49. The molecule has 2 aliphatic heterocycles. The molecule has 0 atom stereocenters. The molecule has 150 valence electrons. The number of halogens is 1. The van der Waals surface area contributed by atoms with Crippen molar-refractivity contribution >= 4 is 34.8 Å². The number of piperidine rings is 1. The number of hydrogen-bond donors (Lipinski definition) is 2. The molecule has 0 radical (unpaired) electrons. The highest BCUT2D eigenvalue weighted by atomic mass is 35.5. The van der Waals surface area contributed by atoms with Gasteiger partial charge in [-0.15, -0.1) is 0 Å². The van der Waals surface area contributed by atoms with Gasteiger partial charge in [0, 0.05) is 42.2 Å². The van der Waals surface area contributed by atoms with Crippen LogP contribution in [0.4, 0.5) is 5.69 Å². The van der Waals surface area contributed by atoms with E-state index >= 15 is 0 Å². The Balaban J connectivity index is 1.35. The van der Waals surface area contributed by atoms with Crippen molar-refractivity contribution in [2.45, 2.75) is 25.4 Å². The van der Waals surface area contributed by atoms with Crippen LogP contribution in [0, 0.1) is 6.92 Å². The average Bonchev–Trinajstić information content (AvgIpc) is 3.02. The standard InChI is InChI=1S/C22H23ClN4O2/c1-15-2-4-16(5-3-15)20-21(29)26-22(25-20)10-12-27(13-11-22)14-19(28)24-18-8-6-17(23)7-9-18/h2-9H,10-14H2,1H3,(H,24,28)(H,26,29). The number of nitrogens with one attached hydrogen (secondary N) is 2. The van der Waals surface area contributed by atoms with E-state index < -0.39 is 5.66 Å². The second kappa shape index (κ2) is 7.97. The highest BCUT2D eigenvalue weighted by Crippen LogP contribution is 2.29. The molecule has 0 aliphatic carbocycles. The van der Waals surface area contributed by atoms with E-state index in [1.165, 1.54) is 0 Å². The van der Waals surface area contributed by atoms with Crippen LogP contribution in [0.5, 0.6) is 0 Å². The van der Waals surface area contributed by atoms with Crippen molar-refractivity contribution in [2.75, 3.05) is 25.0 Å². The number of amides is 2. The fourth-order valence-electron chi connectivity index (χ4n) is 3.73. The zero-order valence-corrected chi connectivity index (χ0v) is 17.0. The van der Waals surface area contributed by atoms with Gasteiger partial charge in [0.2, 0.25) is 5.91 Å². The lowest BCUT2D eigenvalue weighted by atomic mass is 9.98. The van der Waals surface area contributed by atoms with Crippen LogP contribution < -0.4 is 10.6 Å². The molecule has 0 bridgehead atoms. The minimum atomic E-state index is -0.555. The van der Waals surface area contributed by atoms with Crippen LogP contribution in [0.15, 0.2) is 53.5 Å². The molecule has 29 heavy (non-hydrogen) atoms. The van der Waals surface area contributed by atoms with Crippen molar-refractivity contribution in [1.29, 1.82) is 0 Å². The van der Waals surface area contributed by atoms with Gasteiger partial charge >= 0.3 is 0 Å². The van der Waals surface area contributed by atoms with Gasteiger partial charge in [0.1, 0.15) is 11.4 Å². The second-order valence-electron chi connectivity index (χ2n) is 7.64. The Morgan fingerprint density at radius 3 is 2.45 bits per heavy atom. The maximum atomic E-state index is 12.5. The molecule has 0 aromatic heterocycles. The highest BCUT2D eigenvalue weighted by molar-refractivity contribution is 6.46. The fraction of sp³-hybridized carbons (Fsp3) is 0.318. The van der Waals surface area contributed by atoms with E-state index in [1.807, 2.05) is 31.2 Å². The predicted octanol–water partition coefficient (Wildman–Crippen LogP) is 3.00. The minimum Gasteiger partial charge on any atom is -0.326 e. The van der Waals surface area contributed by atoms with Gasteiger partial charge < -0.3 is 10.6 Å². The van der Waals surface area contributed by atoms with Crippen molar-refractivity contribution in [3.8, 4) is 0 Å². The Morgan fingerprint density at radius 2 is 1.79 bits per heavy atom. The van der Waals surface area contributed by atoms with Crippen molar-refractivity contribution in [1.82, 2.24) is 10.2 Å². The lowest BCUT2D eigenvalue weighted by molar-refractivity contribution is -0.119. The van der Waals surface area contributed by atoms with Gasteiger partial charge in [0.15, 0.2) is 0 Å². The zero-order chi connectivity index (χ0) is 20.4. The van der Waals surface area contributed by atoms with Crippen LogP contribution in [0.25, 0.3) is 0 Å². The van der Waals surface area contributed by atoms with Crippen LogP contribution in [0.3, 0.4) is 0 Å². The largest absolute Gasteiger partial charge is 0.326 e. The number of carbonyl (C=O) groups excluding carboxylic acids is 2. The van der Waals surface area contributed by atoms with E-state index in [2.05, 4.69) is 15.5 Å². The van der Waals surface area contributed by atoms with E-state index in [-0.39, 0.29) is 11.8 Å². The van der Waals surface area contributed by atoms with Gasteiger partial charge in [-0.3, -0.25) is 19.5 Å². The van der Waals surface area contributed by atoms with E-state index in [9.17, 15) is 9.59 Å². The first-order valence-corrected chi connectivity index (χ1v) is 10.1. The molecule has 0 unspecified atom stereocenters. The second-order valence-corrected chi connectivity index (χ2v) is 8.08. The van der Waals surface area contributed by atoms with E-state index in [0.717, 1.165) is 16.8 Å². The number of anilines is 1. The maximum absolute atomic E-state index is 12.5. The van der Waals surface area contributed by atoms with Crippen LogP contribution >= 0.6 is 11.6 Å². The smallest absolute Gasteiger partial charge is 0.272 e. The molecule has 1 spiro atoms. The maximum Gasteiger partial charge on any atom is 0.272 e. The molecule has 2 aromatic rings. The lowest BCUT2D eigenvalue weighted by Gasteiger charge is -2.36. The molecule has 2 aromatic carbocycles. The molecule has 0 saturated carbocycles. The summed E-state index contributed by atoms with van der Waals surface area (Å²) >= 11 is 5.87. The number of likely N-dealkylation sites (tertiary alicyclic amines) is 1. The average molecular weight is 411 g/mol. The number of aliphatic imine (C=N–C) groups is 1. The molecule has 2 amide bonds. The monoisotopic (exact) mass is 410 g/mol. The quantitative estimate of drug-likeness (QED) is 0.813. The molecular weight excluding hydrogens is 388 g/mol. The molecule has 1 saturated heterocycles. The number of hydrogen-bond acceptors (Lipinski definition) is 4. The summed E-state index contributed by atoms with van der Waals surface area (Å²) in [7, 11) is 0. The normalized spacial score (nSPS) is 18.4. The van der Waals surface area contributed by atoms with Gasteiger partial charge in [0.25, 0.3) is 5.91 Å². The van der Waals surface area contributed by atoms with Gasteiger partial charge in [-0.2, -0.15) is 0 Å². The van der Waals surface area contributed by atoms with Crippen LogP contribution in [0.1, 0.15) is 24.0 Å². The molecule has 1 fully saturated rings. The third-order valence-corrected chi connectivity index (χ3v) is 5.64. The van der Waals surface area contributed by atoms with E-state index in [4.69, 9.17) is 16.6 Å². The summed E-state index contributed by atoms with van der Waals surface area (Å²) in [4.78, 5) is 31.7. The van der Waals surface area contributed by atoms with E-state index in [1.54, 1.807) is 24.3 Å². The Hall–Kier alpha value is -2.70. The van der Waals surface area contributed by atoms with Crippen LogP contribution in [-0.4, -0.2) is 47.7 Å². The molecule has 2 aliphatic rings. The minimum absolute atomic E-state index is 0.0671. The molecule has 2 heterocycles. The predicted molar refractivity (Wildman–Crippen MR) is 114 cm³/mol. The summed E-state index contributed by atoms with van der Waals surface area (Å²) in [6.45, 7) is 3.71. The van der Waals surface area contributed by atoms with Gasteiger partial charge in [-0.1, -0.05) is 41.4 Å². The third-order valence-electron chi connectivity index (χ3n) is 5.39. The van der Waals surface area contributed by atoms with Gasteiger partial charge in [-0.05, 0) is 31.2 Å². The molecular formula is C22H23ClN4O2. The summed E-state index contributed by atoms with van der Waals surface area (Å²) < 4.78 is 0. The van der Waals surface area contributed by atoms with Crippen LogP contribution in [-0.2, 0) is 9.59 Å². The van der Waals surface area contributed by atoms with Gasteiger partial charge in [-0.25, -0.2) is 0 Å². The number of aryl methyl sites for hydroxylation is 1. The summed E-state index contributed by atoms with van der Waals surface area (Å²) in [6.07, 6.45) is 1.37. The molecule has 6 nitrogen and oxygen atoms in total. The van der Waals surface area contributed by atoms with Gasteiger partial charge in [0.05, 0.1) is 6.54 Å². The highest BCUT2D eigenvalue weighted by Gasteiger charge is 2.42. The Bertz CT molecular complexity index is 946. The Morgan fingerprint density at radius 1 is 1.14 bits per heavy atom. The Kier molecular flexibility index (Phi) is 5.39. The first-order valence-electron chi connectivity index (χ1n) is 9.70. The number of nitrogens with zero attached hydrogens (tertiary/aromatic N) is 2. The fourth-order valence-corrected chi connectivity index (χ4v) is 3.85. The van der Waals surface area contributed by atoms with Crippen molar-refractivity contribution < 1.29 is 9.59 Å². The molecule has 4 rings (SSSR count). The molecule has 7 heteroatoms. The number of rotatable bonds is 4. The summed E-state index contributed by atoms with van der Waals surface area (Å²) in [5.41, 5.74) is 2.66. The topological polar surface area (TPSA) is 73.8 Å². The first kappa shape index (κ1) is 19.6. The SMILES string of the molecule is Cc1ccc(C2=NC3(CCN(CC(=O)Nc4ccc(Cl)cc4)CC3)NC2=O)cc1. The van der Waals surface area contributed by atoms with Crippen molar-refractivity contribution in [2.24, 2.45) is 4.99 Å². The van der Waals surface area contributed by atoms with E-state index in [0.29, 0.717) is 43.2 Å². The number of benzene rings is 2. The zero-order valence-electron chi connectivity index (χ0n) is 16.2. The number of carbonyl (C=O) groups is 2. The summed E-state index contributed by atoms with van der Waals surface area (Å²) in [6, 6.07) is 14.9. The summed E-state index contributed by atoms with van der Waals surface area (Å²) in [5.74, 6) is -0.189. The lowest BCUT2D eigenvalue weighted by Crippen LogP contribution is -2.52. The van der Waals surface area contributed by atoms with Crippen molar-refractivity contribution in [3.05, 3.63) is 64.7 Å². The Labute approximate surface area is 175 Å². The molecule has 2 N–H and O–H groups in total. The summed E-state index contributed by atoms with van der Waals surface area (Å²) in [5, 5.41) is 6.58. The first-order chi connectivity index (χ1) is 13.9.